The first kappa shape index (κ1) is 30.0. The fourth-order valence-corrected chi connectivity index (χ4v) is 3.78. The summed E-state index contributed by atoms with van der Waals surface area (Å²) in [5, 5.41) is 0. The Morgan fingerprint density at radius 1 is 0.963 bits per heavy atom. The molecule has 7 heteroatoms. The van der Waals surface area contributed by atoms with Gasteiger partial charge in [0.25, 0.3) is 0 Å². The topological polar surface area (TPSA) is 78.8 Å². The molecule has 0 saturated heterocycles. The molecule has 156 valence electrons. The van der Waals surface area contributed by atoms with Crippen molar-refractivity contribution in [1.82, 2.24) is 0 Å². The summed E-state index contributed by atoms with van der Waals surface area (Å²) in [4.78, 5) is 20.1. The molecule has 0 bridgehead atoms. The van der Waals surface area contributed by atoms with E-state index in [4.69, 9.17) is 14.4 Å². The Kier molecular flexibility index (Phi) is 23.9. The third-order valence-electron chi connectivity index (χ3n) is 4.32. The minimum Gasteiger partial charge on any atom is -0.779 e. The molecule has 0 aromatic carbocycles. The van der Waals surface area contributed by atoms with Crippen LogP contribution in [-0.2, 0) is 14.0 Å². The Balaban J connectivity index is 0. The summed E-state index contributed by atoms with van der Waals surface area (Å²) in [6, 6.07) is 0. The molecule has 0 amide bonds. The fourth-order valence-electron chi connectivity index (χ4n) is 2.92. The number of hydrogen-bond donors (Lipinski definition) is 1. The Morgan fingerprint density at radius 3 is 1.93 bits per heavy atom. The van der Waals surface area contributed by atoms with Gasteiger partial charge in [-0.3, -0.25) is 0 Å². The summed E-state index contributed by atoms with van der Waals surface area (Å²) >= 11 is 0. The molecule has 0 aromatic rings. The van der Waals surface area contributed by atoms with Gasteiger partial charge in [-0.1, -0.05) is 77.2 Å². The molecule has 27 heavy (non-hydrogen) atoms. The first-order valence-corrected chi connectivity index (χ1v) is 12.0. The summed E-state index contributed by atoms with van der Waals surface area (Å²) in [6.45, 7) is 7.33. The van der Waals surface area contributed by atoms with E-state index in [-0.39, 0.29) is 48.2 Å². The van der Waals surface area contributed by atoms with Gasteiger partial charge in [-0.05, 0) is 6.42 Å². The predicted octanol–water partition coefficient (Wildman–Crippen LogP) is 1.68. The van der Waals surface area contributed by atoms with E-state index in [9.17, 15) is 9.46 Å². The summed E-state index contributed by atoms with van der Waals surface area (Å²) in [6.07, 6.45) is 15.4. The van der Waals surface area contributed by atoms with Crippen LogP contribution in [-0.4, -0.2) is 37.5 Å². The molecular formula is C20H40NaO5P. The minimum atomic E-state index is -4.29. The normalized spacial score (nSPS) is 14.3. The molecule has 1 N–H and O–H groups in total. The first-order valence-electron chi connectivity index (χ1n) is 10.3. The van der Waals surface area contributed by atoms with E-state index in [0.717, 1.165) is 12.8 Å². The second-order valence-corrected chi connectivity index (χ2v) is 8.76. The Bertz CT molecular complexity index is 362. The van der Waals surface area contributed by atoms with E-state index in [0.29, 0.717) is 19.8 Å². The summed E-state index contributed by atoms with van der Waals surface area (Å²) in [7, 11) is -4.29. The number of hydrogen-bond acceptors (Lipinski definition) is 4. The van der Waals surface area contributed by atoms with E-state index >= 15 is 0 Å². The second-order valence-electron chi connectivity index (χ2n) is 7.12. The van der Waals surface area contributed by atoms with E-state index in [2.05, 4.69) is 13.5 Å². The molecule has 0 rings (SSSR count). The zero-order chi connectivity index (χ0) is 19.5. The quantitative estimate of drug-likeness (QED) is 0.142. The molecule has 0 aromatic heterocycles. The van der Waals surface area contributed by atoms with Gasteiger partial charge in [0, 0.05) is 18.7 Å². The standard InChI is InChI=1S/C20H41O5P.Na/c1-3-5-6-7-8-9-10-11-12-13-14-16-25-18-20(17-24-15-4-2)19-26(21,22)23;/h4,20H,2-3,5-19H2,1H3,(H2,21,22,23);/q;+1/p-1. The van der Waals surface area contributed by atoms with Crippen LogP contribution in [0.25, 0.3) is 0 Å². The van der Waals surface area contributed by atoms with Crippen LogP contribution in [0.3, 0.4) is 0 Å². The van der Waals surface area contributed by atoms with Crippen LogP contribution in [0.4, 0.5) is 0 Å². The predicted molar refractivity (Wildman–Crippen MR) is 106 cm³/mol. The third kappa shape index (κ3) is 24.8. The molecule has 5 nitrogen and oxygen atoms in total. The molecule has 0 spiro atoms. The second kappa shape index (κ2) is 21.5. The first-order chi connectivity index (χ1) is 12.5. The Labute approximate surface area is 189 Å². The van der Waals surface area contributed by atoms with Crippen molar-refractivity contribution in [2.75, 3.05) is 32.6 Å². The van der Waals surface area contributed by atoms with E-state index < -0.39 is 7.60 Å². The molecule has 0 saturated carbocycles. The van der Waals surface area contributed by atoms with Crippen LogP contribution in [0.15, 0.2) is 12.7 Å². The van der Waals surface area contributed by atoms with Gasteiger partial charge in [-0.25, -0.2) is 0 Å². The maximum Gasteiger partial charge on any atom is 1.00 e. The summed E-state index contributed by atoms with van der Waals surface area (Å²) in [5.41, 5.74) is 0. The van der Waals surface area contributed by atoms with Crippen molar-refractivity contribution < 1.29 is 53.4 Å². The van der Waals surface area contributed by atoms with Gasteiger partial charge in [0.05, 0.1) is 19.8 Å². The smallest absolute Gasteiger partial charge is 0.779 e. The maximum atomic E-state index is 11.1. The van der Waals surface area contributed by atoms with Gasteiger partial charge < -0.3 is 23.8 Å². The van der Waals surface area contributed by atoms with Gasteiger partial charge >= 0.3 is 29.6 Å². The number of unbranched alkanes of at least 4 members (excludes halogenated alkanes) is 10. The molecule has 0 fully saturated rings. The molecule has 0 aliphatic rings. The van der Waals surface area contributed by atoms with Gasteiger partial charge in [0.15, 0.2) is 0 Å². The van der Waals surface area contributed by atoms with Crippen LogP contribution in [0.5, 0.6) is 0 Å². The van der Waals surface area contributed by atoms with Crippen molar-refractivity contribution in [3.05, 3.63) is 12.7 Å². The SMILES string of the molecule is C=CCOCC(COCCCCCCCCCCCCC)CP(=O)([O-])O.[Na+]. The average Bonchev–Trinajstić information content (AvgIpc) is 2.57. The average molecular weight is 414 g/mol. The zero-order valence-corrected chi connectivity index (χ0v) is 20.6. The van der Waals surface area contributed by atoms with Crippen LogP contribution < -0.4 is 34.5 Å². The van der Waals surface area contributed by atoms with Crippen molar-refractivity contribution >= 4 is 7.60 Å². The Hall–Kier alpha value is 0.810. The van der Waals surface area contributed by atoms with Crippen LogP contribution in [0.1, 0.15) is 77.6 Å². The van der Waals surface area contributed by atoms with Gasteiger partial charge in [-0.2, -0.15) is 0 Å². The summed E-state index contributed by atoms with van der Waals surface area (Å²) < 4.78 is 21.9. The molecule has 0 aliphatic carbocycles. The van der Waals surface area contributed by atoms with Crippen molar-refractivity contribution in [3.63, 3.8) is 0 Å². The van der Waals surface area contributed by atoms with E-state index in [1.165, 1.54) is 57.8 Å². The van der Waals surface area contributed by atoms with Gasteiger partial charge in [0.2, 0.25) is 0 Å². The number of rotatable bonds is 20. The fraction of sp³-hybridized carbons (Fsp3) is 0.900. The van der Waals surface area contributed by atoms with Crippen LogP contribution in [0, 0.1) is 5.92 Å². The third-order valence-corrected chi connectivity index (χ3v) is 5.30. The molecule has 2 atom stereocenters. The van der Waals surface area contributed by atoms with Crippen molar-refractivity contribution in [3.8, 4) is 0 Å². The molecular weight excluding hydrogens is 374 g/mol. The molecule has 0 radical (unpaired) electrons. The van der Waals surface area contributed by atoms with Crippen LogP contribution in [0.2, 0.25) is 0 Å². The largest absolute Gasteiger partial charge is 1.00 e. The Morgan fingerprint density at radius 2 is 1.44 bits per heavy atom. The van der Waals surface area contributed by atoms with Crippen molar-refractivity contribution in [2.24, 2.45) is 5.92 Å². The van der Waals surface area contributed by atoms with Gasteiger partial charge in [-0.15, -0.1) is 6.58 Å². The zero-order valence-electron chi connectivity index (χ0n) is 17.7. The molecule has 0 aliphatic heterocycles. The monoisotopic (exact) mass is 414 g/mol. The van der Waals surface area contributed by atoms with E-state index in [1.807, 2.05) is 0 Å². The van der Waals surface area contributed by atoms with E-state index in [1.54, 1.807) is 6.08 Å². The van der Waals surface area contributed by atoms with Crippen molar-refractivity contribution in [1.29, 1.82) is 0 Å². The van der Waals surface area contributed by atoms with Crippen LogP contribution >= 0.6 is 7.60 Å². The number of ether oxygens (including phenoxy) is 2. The molecule has 0 heterocycles. The summed E-state index contributed by atoms with van der Waals surface area (Å²) in [5.74, 6) is -0.337. The van der Waals surface area contributed by atoms with Crippen molar-refractivity contribution in [2.45, 2.75) is 77.6 Å². The molecule has 2 unspecified atom stereocenters. The minimum absolute atomic E-state index is 0. The maximum absolute atomic E-state index is 11.1. The van der Waals surface area contributed by atoms with Gasteiger partial charge in [0.1, 0.15) is 7.60 Å².